The van der Waals surface area contributed by atoms with Crippen LogP contribution in [0.4, 0.5) is 0 Å². The lowest BCUT2D eigenvalue weighted by molar-refractivity contribution is 1.20. The van der Waals surface area contributed by atoms with E-state index in [4.69, 9.17) is 23.2 Å². The number of hydrogen-bond donors (Lipinski definition) is 1. The van der Waals surface area contributed by atoms with Gasteiger partial charge in [-0.05, 0) is 40.0 Å². The molecule has 2 aromatic heterocycles. The van der Waals surface area contributed by atoms with Crippen molar-refractivity contribution in [3.63, 3.8) is 0 Å². The van der Waals surface area contributed by atoms with Gasteiger partial charge in [0.1, 0.15) is 10.8 Å². The topological polar surface area (TPSA) is 41.6 Å². The van der Waals surface area contributed by atoms with E-state index in [2.05, 4.69) is 30.9 Å². The number of halogens is 3. The average molecular weight is 281 g/mol. The number of H-pyrrole nitrogens is 1. The van der Waals surface area contributed by atoms with Crippen molar-refractivity contribution in [2.24, 2.45) is 0 Å². The van der Waals surface area contributed by atoms with Crippen molar-refractivity contribution in [3.05, 3.63) is 20.6 Å². The normalized spacial score (nSPS) is 11.1. The van der Waals surface area contributed by atoms with Gasteiger partial charge in [0.2, 0.25) is 5.28 Å². The van der Waals surface area contributed by atoms with Crippen LogP contribution in [0.5, 0.6) is 0 Å². The highest BCUT2D eigenvalue weighted by Gasteiger charge is 2.11. The van der Waals surface area contributed by atoms with E-state index in [0.29, 0.717) is 10.8 Å². The van der Waals surface area contributed by atoms with Crippen molar-refractivity contribution in [1.82, 2.24) is 15.0 Å². The maximum atomic E-state index is 5.90. The first-order valence-electron chi connectivity index (χ1n) is 3.46. The predicted molar refractivity (Wildman–Crippen MR) is 56.3 cm³/mol. The Kier molecular flexibility index (Phi) is 2.21. The third-order valence-electron chi connectivity index (χ3n) is 1.77. The SMILES string of the molecule is Cc1c(Br)[nH]c2nc(Cl)nc(Cl)c12. The van der Waals surface area contributed by atoms with Crippen LogP contribution in [-0.2, 0) is 0 Å². The molecule has 0 aliphatic heterocycles. The zero-order valence-corrected chi connectivity index (χ0v) is 9.63. The molecule has 2 heterocycles. The van der Waals surface area contributed by atoms with Crippen LogP contribution in [0, 0.1) is 6.92 Å². The van der Waals surface area contributed by atoms with E-state index >= 15 is 0 Å². The first kappa shape index (κ1) is 9.24. The van der Waals surface area contributed by atoms with Gasteiger partial charge in [0.05, 0.1) is 9.99 Å². The minimum absolute atomic E-state index is 0.145. The second-order valence-corrected chi connectivity index (χ2v) is 4.06. The van der Waals surface area contributed by atoms with E-state index in [1.165, 1.54) is 0 Å². The molecule has 0 unspecified atom stereocenters. The third kappa shape index (κ3) is 1.43. The molecule has 1 N–H and O–H groups in total. The van der Waals surface area contributed by atoms with Gasteiger partial charge in [0.15, 0.2) is 0 Å². The molecule has 2 aromatic rings. The summed E-state index contributed by atoms with van der Waals surface area (Å²) in [7, 11) is 0. The smallest absolute Gasteiger partial charge is 0.225 e. The molecule has 2 rings (SSSR count). The Morgan fingerprint density at radius 1 is 1.31 bits per heavy atom. The molecular formula is C7H4BrCl2N3. The lowest BCUT2D eigenvalue weighted by Gasteiger charge is -1.94. The number of aromatic amines is 1. The number of nitrogens with one attached hydrogen (secondary N) is 1. The van der Waals surface area contributed by atoms with E-state index in [1.54, 1.807) is 0 Å². The fourth-order valence-corrected chi connectivity index (χ4v) is 2.05. The quantitative estimate of drug-likeness (QED) is 0.594. The van der Waals surface area contributed by atoms with Crippen LogP contribution >= 0.6 is 39.1 Å². The molecule has 0 spiro atoms. The summed E-state index contributed by atoms with van der Waals surface area (Å²) in [6.45, 7) is 1.92. The van der Waals surface area contributed by atoms with Crippen molar-refractivity contribution in [2.75, 3.05) is 0 Å². The molecule has 0 saturated carbocycles. The van der Waals surface area contributed by atoms with Crippen LogP contribution in [0.1, 0.15) is 5.56 Å². The highest BCUT2D eigenvalue weighted by Crippen LogP contribution is 2.29. The summed E-state index contributed by atoms with van der Waals surface area (Å²) < 4.78 is 0.848. The Bertz CT molecular complexity index is 480. The number of nitrogens with zero attached hydrogens (tertiary/aromatic N) is 2. The van der Waals surface area contributed by atoms with Gasteiger partial charge >= 0.3 is 0 Å². The highest BCUT2D eigenvalue weighted by atomic mass is 79.9. The van der Waals surface area contributed by atoms with Gasteiger partial charge in [0.25, 0.3) is 0 Å². The minimum atomic E-state index is 0.145. The summed E-state index contributed by atoms with van der Waals surface area (Å²) in [5.41, 5.74) is 1.63. The Morgan fingerprint density at radius 2 is 2.00 bits per heavy atom. The Morgan fingerprint density at radius 3 is 2.69 bits per heavy atom. The van der Waals surface area contributed by atoms with E-state index in [-0.39, 0.29) is 5.28 Å². The second kappa shape index (κ2) is 3.12. The van der Waals surface area contributed by atoms with Gasteiger partial charge in [-0.3, -0.25) is 0 Å². The van der Waals surface area contributed by atoms with Crippen LogP contribution in [0.15, 0.2) is 4.60 Å². The summed E-state index contributed by atoms with van der Waals surface area (Å²) in [5.74, 6) is 0. The number of rotatable bonds is 0. The molecule has 0 amide bonds. The van der Waals surface area contributed by atoms with Gasteiger partial charge in [-0.25, -0.2) is 4.98 Å². The standard InChI is InChI=1S/C7H4BrCl2N3/c1-2-3-5(9)12-7(10)13-6(3)11-4(2)8/h1H3,(H,11,12,13). The second-order valence-electron chi connectivity index (χ2n) is 2.57. The Labute approximate surface area is 92.6 Å². The van der Waals surface area contributed by atoms with Crippen molar-refractivity contribution in [1.29, 1.82) is 0 Å². The van der Waals surface area contributed by atoms with Crippen LogP contribution < -0.4 is 0 Å². The Balaban J connectivity index is 2.94. The zero-order chi connectivity index (χ0) is 9.59. The molecule has 0 aliphatic carbocycles. The van der Waals surface area contributed by atoms with Gasteiger partial charge in [-0.2, -0.15) is 4.98 Å². The van der Waals surface area contributed by atoms with Crippen molar-refractivity contribution < 1.29 is 0 Å². The van der Waals surface area contributed by atoms with E-state index in [1.807, 2.05) is 6.92 Å². The maximum Gasteiger partial charge on any atom is 0.225 e. The summed E-state index contributed by atoms with van der Waals surface area (Å²) in [6, 6.07) is 0. The third-order valence-corrected chi connectivity index (χ3v) is 3.01. The van der Waals surface area contributed by atoms with Crippen LogP contribution in [0.25, 0.3) is 11.0 Å². The molecule has 6 heteroatoms. The molecular weight excluding hydrogens is 277 g/mol. The first-order valence-corrected chi connectivity index (χ1v) is 5.01. The molecule has 68 valence electrons. The fraction of sp³-hybridized carbons (Fsp3) is 0.143. The molecule has 0 aromatic carbocycles. The number of aromatic nitrogens is 3. The minimum Gasteiger partial charge on any atom is -0.334 e. The largest absolute Gasteiger partial charge is 0.334 e. The van der Waals surface area contributed by atoms with Crippen molar-refractivity contribution in [2.45, 2.75) is 6.92 Å². The first-order chi connectivity index (χ1) is 6.09. The van der Waals surface area contributed by atoms with Gasteiger partial charge in [-0.15, -0.1) is 0 Å². The van der Waals surface area contributed by atoms with E-state index in [0.717, 1.165) is 15.6 Å². The number of fused-ring (bicyclic) bond motifs is 1. The van der Waals surface area contributed by atoms with Crippen molar-refractivity contribution in [3.8, 4) is 0 Å². The highest BCUT2D eigenvalue weighted by molar-refractivity contribution is 9.10. The van der Waals surface area contributed by atoms with Gasteiger partial charge in [-0.1, -0.05) is 11.6 Å². The summed E-state index contributed by atoms with van der Waals surface area (Å²) in [4.78, 5) is 10.9. The van der Waals surface area contributed by atoms with Crippen LogP contribution in [-0.4, -0.2) is 15.0 Å². The van der Waals surface area contributed by atoms with Crippen LogP contribution in [0.3, 0.4) is 0 Å². The molecule has 13 heavy (non-hydrogen) atoms. The monoisotopic (exact) mass is 279 g/mol. The van der Waals surface area contributed by atoms with E-state index in [9.17, 15) is 0 Å². The van der Waals surface area contributed by atoms with E-state index < -0.39 is 0 Å². The fourth-order valence-electron chi connectivity index (χ4n) is 1.14. The molecule has 0 radical (unpaired) electrons. The average Bonchev–Trinajstić information content (AvgIpc) is 2.27. The van der Waals surface area contributed by atoms with Crippen molar-refractivity contribution >= 4 is 50.2 Å². The van der Waals surface area contributed by atoms with Gasteiger partial charge < -0.3 is 4.98 Å². The molecule has 0 atom stereocenters. The zero-order valence-electron chi connectivity index (χ0n) is 6.53. The molecule has 0 aliphatic rings. The molecule has 0 saturated heterocycles. The molecule has 0 fully saturated rings. The summed E-state index contributed by atoms with van der Waals surface area (Å²) in [6.07, 6.45) is 0. The lowest BCUT2D eigenvalue weighted by Crippen LogP contribution is -1.84. The number of hydrogen-bond acceptors (Lipinski definition) is 2. The predicted octanol–water partition coefficient (Wildman–Crippen LogP) is 3.34. The molecule has 0 bridgehead atoms. The number of aryl methyl sites for hydroxylation is 1. The van der Waals surface area contributed by atoms with Crippen LogP contribution in [0.2, 0.25) is 10.4 Å². The lowest BCUT2D eigenvalue weighted by atomic mass is 10.3. The Hall–Kier alpha value is -0.320. The molecule has 3 nitrogen and oxygen atoms in total. The summed E-state index contributed by atoms with van der Waals surface area (Å²) in [5, 5.41) is 1.32. The van der Waals surface area contributed by atoms with Gasteiger partial charge in [0, 0.05) is 0 Å². The summed E-state index contributed by atoms with van der Waals surface area (Å²) >= 11 is 14.9. The maximum absolute atomic E-state index is 5.90.